The molecule has 1 aromatic heterocycles. The van der Waals surface area contributed by atoms with E-state index in [1.54, 1.807) is 0 Å². The Hall–Kier alpha value is -1.34. The lowest BCUT2D eigenvalue weighted by atomic mass is 10.2. The molecule has 0 fully saturated rings. The van der Waals surface area contributed by atoms with Gasteiger partial charge in [-0.1, -0.05) is 0 Å². The van der Waals surface area contributed by atoms with Crippen molar-refractivity contribution >= 4 is 28.3 Å². The van der Waals surface area contributed by atoms with Crippen LogP contribution in [0.4, 0.5) is 10.8 Å². The molecule has 0 saturated heterocycles. The average Bonchev–Trinajstić information content (AvgIpc) is 2.67. The Balaban J connectivity index is 2.73. The first-order valence-electron chi connectivity index (χ1n) is 6.78. The molecule has 1 rings (SSSR count). The number of hydrogen-bond acceptors (Lipinski definition) is 6. The minimum absolute atomic E-state index is 0.0702. The molecule has 0 aromatic carbocycles. The van der Waals surface area contributed by atoms with E-state index in [0.29, 0.717) is 5.56 Å². The first-order chi connectivity index (χ1) is 9.31. The van der Waals surface area contributed by atoms with Crippen LogP contribution in [0.1, 0.15) is 37.6 Å². The highest BCUT2D eigenvalue weighted by Crippen LogP contribution is 2.27. The van der Waals surface area contributed by atoms with Gasteiger partial charge in [-0.3, -0.25) is 4.79 Å². The molecular formula is C13H25N5OS. The molecule has 1 aromatic rings. The Labute approximate surface area is 124 Å². The summed E-state index contributed by atoms with van der Waals surface area (Å²) < 4.78 is 4.08. The molecule has 1 unspecified atom stereocenters. The van der Waals surface area contributed by atoms with Crippen molar-refractivity contribution in [2.75, 3.05) is 31.7 Å². The monoisotopic (exact) mass is 299 g/mol. The van der Waals surface area contributed by atoms with Gasteiger partial charge in [0.1, 0.15) is 10.6 Å². The minimum atomic E-state index is -0.173. The fourth-order valence-corrected chi connectivity index (χ4v) is 2.53. The maximum atomic E-state index is 12.1. The molecule has 20 heavy (non-hydrogen) atoms. The smallest absolute Gasteiger partial charge is 0.258 e. The van der Waals surface area contributed by atoms with Crippen molar-refractivity contribution in [3.05, 3.63) is 5.56 Å². The lowest BCUT2D eigenvalue weighted by molar-refractivity contribution is 0.0945. The Bertz CT molecular complexity index is 444. The van der Waals surface area contributed by atoms with Crippen molar-refractivity contribution in [2.24, 2.45) is 0 Å². The van der Waals surface area contributed by atoms with Crippen LogP contribution < -0.4 is 16.4 Å². The summed E-state index contributed by atoms with van der Waals surface area (Å²) >= 11 is 1.23. The first kappa shape index (κ1) is 16.7. The molecule has 0 aliphatic carbocycles. The first-order valence-corrected chi connectivity index (χ1v) is 7.55. The average molecular weight is 299 g/mol. The quantitative estimate of drug-likeness (QED) is 0.712. The standard InChI is InChI=1S/C13H25N5OS/c1-8(2)15-12(19)10-11(14)17-20-13(10)16-9(3)6-7-18(4)5/h8-9,16H,6-7H2,1-5H3,(H2,14,17)(H,15,19). The van der Waals surface area contributed by atoms with Crippen LogP contribution in [0.2, 0.25) is 0 Å². The molecule has 7 heteroatoms. The SMILES string of the molecule is CC(C)NC(=O)c1c(N)nsc1NC(C)CCN(C)C. The lowest BCUT2D eigenvalue weighted by Crippen LogP contribution is -2.31. The van der Waals surface area contributed by atoms with Gasteiger partial charge in [0.2, 0.25) is 0 Å². The molecule has 1 atom stereocenters. The van der Waals surface area contributed by atoms with E-state index in [1.165, 1.54) is 11.5 Å². The maximum absolute atomic E-state index is 12.1. The Morgan fingerprint density at radius 3 is 2.60 bits per heavy atom. The van der Waals surface area contributed by atoms with Crippen molar-refractivity contribution < 1.29 is 4.79 Å². The third-order valence-corrected chi connectivity index (χ3v) is 3.54. The van der Waals surface area contributed by atoms with Gasteiger partial charge in [-0.25, -0.2) is 0 Å². The van der Waals surface area contributed by atoms with Gasteiger partial charge < -0.3 is 21.3 Å². The zero-order valence-electron chi connectivity index (χ0n) is 12.9. The number of nitrogens with zero attached hydrogens (tertiary/aromatic N) is 2. The van der Waals surface area contributed by atoms with E-state index >= 15 is 0 Å². The highest BCUT2D eigenvalue weighted by Gasteiger charge is 2.20. The summed E-state index contributed by atoms with van der Waals surface area (Å²) in [5, 5.41) is 6.92. The molecule has 0 aliphatic heterocycles. The van der Waals surface area contributed by atoms with Crippen LogP contribution >= 0.6 is 11.5 Å². The second-order valence-electron chi connectivity index (χ2n) is 5.54. The summed E-state index contributed by atoms with van der Waals surface area (Å²) in [5.41, 5.74) is 6.26. The second-order valence-corrected chi connectivity index (χ2v) is 6.31. The highest BCUT2D eigenvalue weighted by atomic mass is 32.1. The Morgan fingerprint density at radius 1 is 1.40 bits per heavy atom. The van der Waals surface area contributed by atoms with E-state index in [9.17, 15) is 4.79 Å². The van der Waals surface area contributed by atoms with Crippen LogP contribution in [-0.4, -0.2) is 47.9 Å². The molecular weight excluding hydrogens is 274 g/mol. The summed E-state index contributed by atoms with van der Waals surface area (Å²) in [4.78, 5) is 14.3. The van der Waals surface area contributed by atoms with Crippen molar-refractivity contribution in [2.45, 2.75) is 39.3 Å². The van der Waals surface area contributed by atoms with E-state index in [4.69, 9.17) is 5.73 Å². The van der Waals surface area contributed by atoms with Crippen LogP contribution in [0.15, 0.2) is 0 Å². The maximum Gasteiger partial charge on any atom is 0.258 e. The van der Waals surface area contributed by atoms with Gasteiger partial charge in [0.05, 0.1) is 0 Å². The molecule has 0 saturated carbocycles. The van der Waals surface area contributed by atoms with Gasteiger partial charge in [0.25, 0.3) is 5.91 Å². The predicted molar refractivity (Wildman–Crippen MR) is 85.4 cm³/mol. The minimum Gasteiger partial charge on any atom is -0.382 e. The van der Waals surface area contributed by atoms with Gasteiger partial charge in [-0.05, 0) is 59.4 Å². The second kappa shape index (κ2) is 7.44. The number of amides is 1. The van der Waals surface area contributed by atoms with E-state index in [1.807, 2.05) is 27.9 Å². The molecule has 114 valence electrons. The van der Waals surface area contributed by atoms with Crippen molar-refractivity contribution in [1.82, 2.24) is 14.6 Å². The number of carbonyl (C=O) groups excluding carboxylic acids is 1. The summed E-state index contributed by atoms with van der Waals surface area (Å²) in [6.07, 6.45) is 0.982. The van der Waals surface area contributed by atoms with Crippen molar-refractivity contribution in [3.8, 4) is 0 Å². The van der Waals surface area contributed by atoms with Gasteiger partial charge in [0.15, 0.2) is 5.82 Å². The number of nitrogens with two attached hydrogens (primary N) is 1. The van der Waals surface area contributed by atoms with E-state index in [-0.39, 0.29) is 23.8 Å². The third-order valence-electron chi connectivity index (χ3n) is 2.75. The highest BCUT2D eigenvalue weighted by molar-refractivity contribution is 7.11. The predicted octanol–water partition coefficient (Wildman–Crippen LogP) is 1.62. The number of carbonyl (C=O) groups is 1. The zero-order chi connectivity index (χ0) is 15.3. The molecule has 0 bridgehead atoms. The molecule has 6 nitrogen and oxygen atoms in total. The number of rotatable bonds is 7. The van der Waals surface area contributed by atoms with Crippen LogP contribution in [0.3, 0.4) is 0 Å². The third kappa shape index (κ3) is 4.97. The molecule has 0 spiro atoms. The van der Waals surface area contributed by atoms with E-state index < -0.39 is 0 Å². The number of aromatic nitrogens is 1. The van der Waals surface area contributed by atoms with E-state index in [0.717, 1.165) is 18.0 Å². The summed E-state index contributed by atoms with van der Waals surface area (Å²) in [6, 6.07) is 0.323. The molecule has 1 amide bonds. The fraction of sp³-hybridized carbons (Fsp3) is 0.692. The molecule has 1 heterocycles. The largest absolute Gasteiger partial charge is 0.382 e. The summed E-state index contributed by atoms with van der Waals surface area (Å²) in [5.74, 6) is 0.115. The molecule has 4 N–H and O–H groups in total. The number of anilines is 2. The number of hydrogen-bond donors (Lipinski definition) is 3. The van der Waals surface area contributed by atoms with Crippen LogP contribution in [0.25, 0.3) is 0 Å². The van der Waals surface area contributed by atoms with Crippen molar-refractivity contribution in [1.29, 1.82) is 0 Å². The normalized spacial score (nSPS) is 12.8. The number of nitrogen functional groups attached to an aromatic ring is 1. The van der Waals surface area contributed by atoms with E-state index in [2.05, 4.69) is 26.8 Å². The lowest BCUT2D eigenvalue weighted by Gasteiger charge is -2.17. The van der Waals surface area contributed by atoms with Crippen LogP contribution in [0.5, 0.6) is 0 Å². The zero-order valence-corrected chi connectivity index (χ0v) is 13.7. The van der Waals surface area contributed by atoms with Gasteiger partial charge >= 0.3 is 0 Å². The molecule has 0 radical (unpaired) electrons. The number of nitrogens with one attached hydrogen (secondary N) is 2. The summed E-state index contributed by atoms with van der Waals surface area (Å²) in [7, 11) is 4.08. The van der Waals surface area contributed by atoms with Crippen molar-refractivity contribution in [3.63, 3.8) is 0 Å². The fourth-order valence-electron chi connectivity index (χ4n) is 1.70. The van der Waals surface area contributed by atoms with Gasteiger partial charge in [-0.2, -0.15) is 4.37 Å². The summed E-state index contributed by atoms with van der Waals surface area (Å²) in [6.45, 7) is 6.90. The van der Waals surface area contributed by atoms with Gasteiger partial charge in [-0.15, -0.1) is 0 Å². The molecule has 0 aliphatic rings. The van der Waals surface area contributed by atoms with Gasteiger partial charge in [0, 0.05) is 12.1 Å². The Kier molecular flexibility index (Phi) is 6.22. The Morgan fingerprint density at radius 2 is 2.05 bits per heavy atom. The van der Waals surface area contributed by atoms with Crippen LogP contribution in [0, 0.1) is 0 Å². The van der Waals surface area contributed by atoms with Crippen LogP contribution in [-0.2, 0) is 0 Å². The topological polar surface area (TPSA) is 83.3 Å².